The Balaban J connectivity index is 1.29. The summed E-state index contributed by atoms with van der Waals surface area (Å²) in [6, 6.07) is 18.5. The standard InChI is InChI=1S/C22H27BrN2O2/c23-21-8-6-18(7-9-21)16-25-13-10-20(11-14-25)22(26)24-12-15-27-17-19-4-2-1-3-5-19/h1-9,20H,10-17H2,(H,24,26). The first kappa shape index (κ1) is 20.1. The maximum atomic E-state index is 12.3. The van der Waals surface area contributed by atoms with E-state index in [1.807, 2.05) is 30.3 Å². The van der Waals surface area contributed by atoms with Crippen molar-refractivity contribution in [3.63, 3.8) is 0 Å². The van der Waals surface area contributed by atoms with Crippen molar-refractivity contribution in [2.75, 3.05) is 26.2 Å². The fourth-order valence-corrected chi connectivity index (χ4v) is 3.62. The predicted molar refractivity (Wildman–Crippen MR) is 111 cm³/mol. The van der Waals surface area contributed by atoms with Crippen molar-refractivity contribution in [3.05, 3.63) is 70.2 Å². The molecular weight excluding hydrogens is 404 g/mol. The lowest BCUT2D eigenvalue weighted by Crippen LogP contribution is -2.41. The van der Waals surface area contributed by atoms with Gasteiger partial charge in [0.05, 0.1) is 13.2 Å². The van der Waals surface area contributed by atoms with E-state index in [1.54, 1.807) is 0 Å². The molecule has 0 unspecified atom stereocenters. The topological polar surface area (TPSA) is 41.6 Å². The molecule has 4 nitrogen and oxygen atoms in total. The summed E-state index contributed by atoms with van der Waals surface area (Å²) in [6.45, 7) is 4.60. The Labute approximate surface area is 170 Å². The maximum absolute atomic E-state index is 12.3. The van der Waals surface area contributed by atoms with E-state index in [9.17, 15) is 4.79 Å². The van der Waals surface area contributed by atoms with Gasteiger partial charge in [0, 0.05) is 23.5 Å². The fraction of sp³-hybridized carbons (Fsp3) is 0.409. The normalized spacial score (nSPS) is 15.6. The van der Waals surface area contributed by atoms with Crippen LogP contribution >= 0.6 is 15.9 Å². The van der Waals surface area contributed by atoms with Gasteiger partial charge in [-0.2, -0.15) is 0 Å². The number of rotatable bonds is 8. The van der Waals surface area contributed by atoms with Gasteiger partial charge in [0.15, 0.2) is 0 Å². The monoisotopic (exact) mass is 430 g/mol. The molecular formula is C22H27BrN2O2. The van der Waals surface area contributed by atoms with Crippen LogP contribution in [0.2, 0.25) is 0 Å². The molecule has 0 spiro atoms. The molecule has 1 aliphatic rings. The molecule has 3 rings (SSSR count). The summed E-state index contributed by atoms with van der Waals surface area (Å²) in [5, 5.41) is 3.02. The molecule has 0 atom stereocenters. The molecule has 1 N–H and O–H groups in total. The summed E-state index contributed by atoms with van der Waals surface area (Å²) in [4.78, 5) is 14.8. The van der Waals surface area contributed by atoms with Crippen molar-refractivity contribution < 1.29 is 9.53 Å². The number of hydrogen-bond acceptors (Lipinski definition) is 3. The number of carbonyl (C=O) groups excluding carboxylic acids is 1. The summed E-state index contributed by atoms with van der Waals surface area (Å²) in [5.41, 5.74) is 2.47. The van der Waals surface area contributed by atoms with Crippen molar-refractivity contribution in [3.8, 4) is 0 Å². The van der Waals surface area contributed by atoms with E-state index < -0.39 is 0 Å². The molecule has 0 bridgehead atoms. The lowest BCUT2D eigenvalue weighted by atomic mass is 9.95. The minimum atomic E-state index is 0.125. The minimum Gasteiger partial charge on any atom is -0.375 e. The van der Waals surface area contributed by atoms with Crippen LogP contribution in [0.1, 0.15) is 24.0 Å². The van der Waals surface area contributed by atoms with Gasteiger partial charge in [0.1, 0.15) is 0 Å². The Bertz CT molecular complexity index is 698. The minimum absolute atomic E-state index is 0.125. The highest BCUT2D eigenvalue weighted by Crippen LogP contribution is 2.20. The van der Waals surface area contributed by atoms with Crippen molar-refractivity contribution in [1.82, 2.24) is 10.2 Å². The smallest absolute Gasteiger partial charge is 0.223 e. The third kappa shape index (κ3) is 6.76. The summed E-state index contributed by atoms with van der Waals surface area (Å²) in [7, 11) is 0. The van der Waals surface area contributed by atoms with E-state index in [4.69, 9.17) is 4.74 Å². The number of likely N-dealkylation sites (tertiary alicyclic amines) is 1. The van der Waals surface area contributed by atoms with Gasteiger partial charge in [-0.3, -0.25) is 9.69 Å². The number of ether oxygens (including phenoxy) is 1. The van der Waals surface area contributed by atoms with E-state index in [0.717, 1.165) is 42.5 Å². The van der Waals surface area contributed by atoms with E-state index in [1.165, 1.54) is 5.56 Å². The molecule has 27 heavy (non-hydrogen) atoms. The van der Waals surface area contributed by atoms with E-state index in [-0.39, 0.29) is 11.8 Å². The van der Waals surface area contributed by atoms with Crippen molar-refractivity contribution in [1.29, 1.82) is 0 Å². The Morgan fingerprint density at radius 1 is 1.04 bits per heavy atom. The highest BCUT2D eigenvalue weighted by atomic mass is 79.9. The van der Waals surface area contributed by atoms with Gasteiger partial charge < -0.3 is 10.1 Å². The Hall–Kier alpha value is -1.69. The summed E-state index contributed by atoms with van der Waals surface area (Å²) >= 11 is 3.47. The first-order valence-corrected chi connectivity index (χ1v) is 10.4. The van der Waals surface area contributed by atoms with Crippen LogP contribution in [-0.4, -0.2) is 37.0 Å². The molecule has 1 aliphatic heterocycles. The van der Waals surface area contributed by atoms with E-state index >= 15 is 0 Å². The number of amides is 1. The second-order valence-corrected chi connectivity index (χ2v) is 7.92. The number of hydrogen-bond donors (Lipinski definition) is 1. The quantitative estimate of drug-likeness (QED) is 0.643. The van der Waals surface area contributed by atoms with Crippen LogP contribution in [0, 0.1) is 5.92 Å². The van der Waals surface area contributed by atoms with Crippen LogP contribution in [0.25, 0.3) is 0 Å². The van der Waals surface area contributed by atoms with Gasteiger partial charge >= 0.3 is 0 Å². The summed E-state index contributed by atoms with van der Waals surface area (Å²) in [5.74, 6) is 0.293. The first-order valence-electron chi connectivity index (χ1n) is 9.57. The number of piperidine rings is 1. The van der Waals surface area contributed by atoms with Crippen LogP contribution < -0.4 is 5.32 Å². The van der Waals surface area contributed by atoms with Crippen LogP contribution in [0.15, 0.2) is 59.1 Å². The van der Waals surface area contributed by atoms with Gasteiger partial charge in [0.2, 0.25) is 5.91 Å². The third-order valence-electron chi connectivity index (χ3n) is 4.93. The van der Waals surface area contributed by atoms with Crippen molar-refractivity contribution >= 4 is 21.8 Å². The number of benzene rings is 2. The molecule has 1 amide bonds. The molecule has 0 radical (unpaired) electrons. The van der Waals surface area contributed by atoms with Gasteiger partial charge in [-0.05, 0) is 49.2 Å². The molecule has 144 valence electrons. The van der Waals surface area contributed by atoms with Crippen molar-refractivity contribution in [2.45, 2.75) is 26.0 Å². The van der Waals surface area contributed by atoms with Crippen LogP contribution in [0.3, 0.4) is 0 Å². The SMILES string of the molecule is O=C(NCCOCc1ccccc1)C1CCN(Cc2ccc(Br)cc2)CC1. The number of nitrogens with one attached hydrogen (secondary N) is 1. The second kappa shape index (κ2) is 10.6. The molecule has 1 heterocycles. The van der Waals surface area contributed by atoms with Gasteiger partial charge in [-0.15, -0.1) is 0 Å². The highest BCUT2D eigenvalue weighted by Gasteiger charge is 2.24. The molecule has 2 aromatic carbocycles. The first-order chi connectivity index (χ1) is 13.2. The average molecular weight is 431 g/mol. The lowest BCUT2D eigenvalue weighted by molar-refractivity contribution is -0.126. The Morgan fingerprint density at radius 3 is 2.44 bits per heavy atom. The molecule has 2 aromatic rings. The number of halogens is 1. The molecule has 5 heteroatoms. The largest absolute Gasteiger partial charge is 0.375 e. The average Bonchev–Trinajstić information content (AvgIpc) is 2.71. The number of nitrogens with zero attached hydrogens (tertiary/aromatic N) is 1. The third-order valence-corrected chi connectivity index (χ3v) is 5.46. The molecule has 0 saturated carbocycles. The van der Waals surface area contributed by atoms with Crippen LogP contribution in [-0.2, 0) is 22.7 Å². The van der Waals surface area contributed by atoms with E-state index in [2.05, 4.69) is 50.4 Å². The second-order valence-electron chi connectivity index (χ2n) is 7.01. The van der Waals surface area contributed by atoms with E-state index in [0.29, 0.717) is 19.8 Å². The molecule has 0 aliphatic carbocycles. The van der Waals surface area contributed by atoms with Crippen LogP contribution in [0.5, 0.6) is 0 Å². The fourth-order valence-electron chi connectivity index (χ4n) is 3.36. The van der Waals surface area contributed by atoms with Gasteiger partial charge in [-0.25, -0.2) is 0 Å². The predicted octanol–water partition coefficient (Wildman–Crippen LogP) is 3.99. The molecule has 1 fully saturated rings. The Morgan fingerprint density at radius 2 is 1.74 bits per heavy atom. The highest BCUT2D eigenvalue weighted by molar-refractivity contribution is 9.10. The zero-order valence-corrected chi connectivity index (χ0v) is 17.2. The lowest BCUT2D eigenvalue weighted by Gasteiger charge is -2.31. The van der Waals surface area contributed by atoms with Gasteiger partial charge in [-0.1, -0.05) is 58.4 Å². The number of carbonyl (C=O) groups is 1. The van der Waals surface area contributed by atoms with Crippen molar-refractivity contribution in [2.24, 2.45) is 5.92 Å². The van der Waals surface area contributed by atoms with Gasteiger partial charge in [0.25, 0.3) is 0 Å². The molecule has 1 saturated heterocycles. The van der Waals surface area contributed by atoms with Crippen LogP contribution in [0.4, 0.5) is 0 Å². The zero-order chi connectivity index (χ0) is 18.9. The summed E-state index contributed by atoms with van der Waals surface area (Å²) in [6.07, 6.45) is 1.85. The molecule has 0 aromatic heterocycles. The summed E-state index contributed by atoms with van der Waals surface area (Å²) < 4.78 is 6.73. The zero-order valence-electron chi connectivity index (χ0n) is 15.6. The maximum Gasteiger partial charge on any atom is 0.223 e. The Kier molecular flexibility index (Phi) is 7.87.